The highest BCUT2D eigenvalue weighted by atomic mass is 19.1. The van der Waals surface area contributed by atoms with E-state index in [1.807, 2.05) is 0 Å². The first kappa shape index (κ1) is 25.4. The fourth-order valence-corrected chi connectivity index (χ4v) is 6.84. The van der Waals surface area contributed by atoms with E-state index < -0.39 is 6.17 Å². The third-order valence-corrected chi connectivity index (χ3v) is 9.17. The molecule has 0 saturated heterocycles. The third-order valence-electron chi connectivity index (χ3n) is 9.17. The van der Waals surface area contributed by atoms with Gasteiger partial charge in [0.1, 0.15) is 6.17 Å². The molecule has 1 heterocycles. The Morgan fingerprint density at radius 1 is 0.939 bits per heavy atom. The number of hydrogen-bond donors (Lipinski definition) is 0. The van der Waals surface area contributed by atoms with Crippen LogP contribution in [0.1, 0.15) is 97.3 Å². The summed E-state index contributed by atoms with van der Waals surface area (Å²) >= 11 is 0. The van der Waals surface area contributed by atoms with E-state index in [2.05, 4.69) is 32.2 Å². The van der Waals surface area contributed by atoms with Gasteiger partial charge in [-0.05, 0) is 81.0 Å². The number of alkyl halides is 1. The van der Waals surface area contributed by atoms with Gasteiger partial charge in [0.25, 0.3) is 0 Å². The summed E-state index contributed by atoms with van der Waals surface area (Å²) in [4.78, 5) is 4.87. The normalized spacial score (nSPS) is 40.2. The molecule has 0 aromatic rings. The van der Waals surface area contributed by atoms with Gasteiger partial charge in [-0.1, -0.05) is 58.1 Å². The summed E-state index contributed by atoms with van der Waals surface area (Å²) in [5.74, 6) is 2.37. The summed E-state index contributed by atoms with van der Waals surface area (Å²) in [6.07, 6.45) is 21.3. The van der Waals surface area contributed by atoms with Gasteiger partial charge in [0.15, 0.2) is 0 Å². The van der Waals surface area contributed by atoms with E-state index in [9.17, 15) is 0 Å². The van der Waals surface area contributed by atoms with E-state index in [1.165, 1.54) is 44.9 Å². The predicted molar refractivity (Wildman–Crippen MR) is 135 cm³/mol. The van der Waals surface area contributed by atoms with Crippen LogP contribution in [-0.2, 0) is 9.47 Å². The molecule has 0 bridgehead atoms. The van der Waals surface area contributed by atoms with Crippen LogP contribution in [0.4, 0.5) is 4.39 Å². The summed E-state index contributed by atoms with van der Waals surface area (Å²) in [7, 11) is 0. The average molecular weight is 462 g/mol. The van der Waals surface area contributed by atoms with E-state index in [-0.39, 0.29) is 18.1 Å². The van der Waals surface area contributed by atoms with Gasteiger partial charge in [-0.2, -0.15) is 0 Å². The Balaban J connectivity index is 1.18. The molecule has 4 heteroatoms. The van der Waals surface area contributed by atoms with Crippen LogP contribution < -0.4 is 0 Å². The van der Waals surface area contributed by atoms with Crippen molar-refractivity contribution in [3.8, 4) is 0 Å². The van der Waals surface area contributed by atoms with Crippen molar-refractivity contribution in [3.05, 3.63) is 12.2 Å². The van der Waals surface area contributed by atoms with Crippen LogP contribution in [0, 0.1) is 29.6 Å². The first-order valence-corrected chi connectivity index (χ1v) is 14.2. The maximum Gasteiger partial charge on any atom is 0.129 e. The van der Waals surface area contributed by atoms with Gasteiger partial charge in [0, 0.05) is 12.8 Å². The van der Waals surface area contributed by atoms with Crippen molar-refractivity contribution in [2.24, 2.45) is 34.6 Å². The Hall–Kier alpha value is -0.740. The van der Waals surface area contributed by atoms with E-state index in [1.54, 1.807) is 0 Å². The maximum absolute atomic E-state index is 15.3. The minimum Gasteiger partial charge on any atom is -0.375 e. The molecule has 0 amide bonds. The SMILES string of the molecule is CC1CC(OCC2CC=CCC2)C(F)C(C)C1CC1CCC(OCCC2CCCCC2)C=N1. The molecule has 33 heavy (non-hydrogen) atoms. The summed E-state index contributed by atoms with van der Waals surface area (Å²) in [5, 5.41) is 0. The predicted octanol–water partition coefficient (Wildman–Crippen LogP) is 7.34. The molecule has 4 aliphatic rings. The molecule has 8 atom stereocenters. The second-order valence-corrected chi connectivity index (χ2v) is 11.7. The zero-order chi connectivity index (χ0) is 23.0. The Labute approximate surface area is 202 Å². The van der Waals surface area contributed by atoms with Gasteiger partial charge in [-0.3, -0.25) is 4.99 Å². The molecule has 0 spiro atoms. The monoisotopic (exact) mass is 461 g/mol. The lowest BCUT2D eigenvalue weighted by molar-refractivity contribution is -0.0909. The molecular formula is C29H48FNO2. The van der Waals surface area contributed by atoms with Crippen LogP contribution >= 0.6 is 0 Å². The minimum atomic E-state index is -0.853. The van der Waals surface area contributed by atoms with Gasteiger partial charge >= 0.3 is 0 Å². The summed E-state index contributed by atoms with van der Waals surface area (Å²) in [5.41, 5.74) is 0. The topological polar surface area (TPSA) is 30.8 Å². The number of nitrogens with zero attached hydrogens (tertiary/aromatic N) is 1. The van der Waals surface area contributed by atoms with Crippen LogP contribution in [0.25, 0.3) is 0 Å². The quantitative estimate of drug-likeness (QED) is 0.336. The number of rotatable bonds is 9. The molecule has 0 radical (unpaired) electrons. The molecule has 8 unspecified atom stereocenters. The van der Waals surface area contributed by atoms with Gasteiger partial charge in [0.05, 0.1) is 24.9 Å². The molecule has 188 valence electrons. The minimum absolute atomic E-state index is 0.0460. The molecule has 0 aromatic heterocycles. The summed E-state index contributed by atoms with van der Waals surface area (Å²) in [6, 6.07) is 0.330. The van der Waals surface area contributed by atoms with Crippen LogP contribution in [0.15, 0.2) is 17.1 Å². The zero-order valence-electron chi connectivity index (χ0n) is 21.2. The molecule has 2 saturated carbocycles. The van der Waals surface area contributed by atoms with Crippen LogP contribution in [0.2, 0.25) is 0 Å². The molecule has 0 aromatic carbocycles. The van der Waals surface area contributed by atoms with Crippen LogP contribution in [0.3, 0.4) is 0 Å². The lowest BCUT2D eigenvalue weighted by Gasteiger charge is -2.43. The smallest absolute Gasteiger partial charge is 0.129 e. The van der Waals surface area contributed by atoms with Crippen molar-refractivity contribution in [1.29, 1.82) is 0 Å². The van der Waals surface area contributed by atoms with Crippen LogP contribution in [-0.4, -0.2) is 43.8 Å². The van der Waals surface area contributed by atoms with Crippen molar-refractivity contribution < 1.29 is 13.9 Å². The first-order chi connectivity index (χ1) is 16.1. The van der Waals surface area contributed by atoms with Crippen molar-refractivity contribution in [2.75, 3.05) is 13.2 Å². The summed E-state index contributed by atoms with van der Waals surface area (Å²) < 4.78 is 27.6. The number of hydrogen-bond acceptors (Lipinski definition) is 3. The first-order valence-electron chi connectivity index (χ1n) is 14.2. The van der Waals surface area contributed by atoms with Gasteiger partial charge < -0.3 is 9.47 Å². The Morgan fingerprint density at radius 2 is 1.79 bits per heavy atom. The Morgan fingerprint density at radius 3 is 2.52 bits per heavy atom. The van der Waals surface area contributed by atoms with Crippen molar-refractivity contribution in [1.82, 2.24) is 0 Å². The molecule has 4 rings (SSSR count). The highest BCUT2D eigenvalue weighted by Gasteiger charge is 2.42. The fourth-order valence-electron chi connectivity index (χ4n) is 6.84. The second-order valence-electron chi connectivity index (χ2n) is 11.7. The number of aliphatic imine (C=N–C) groups is 1. The van der Waals surface area contributed by atoms with Crippen molar-refractivity contribution >= 4 is 6.21 Å². The number of halogens is 1. The van der Waals surface area contributed by atoms with Crippen molar-refractivity contribution in [3.63, 3.8) is 0 Å². The number of ether oxygens (including phenoxy) is 2. The molecule has 3 aliphatic carbocycles. The fraction of sp³-hybridized carbons (Fsp3) is 0.897. The second kappa shape index (κ2) is 12.8. The summed E-state index contributed by atoms with van der Waals surface area (Å²) in [6.45, 7) is 6.00. The third kappa shape index (κ3) is 7.37. The molecule has 1 aliphatic heterocycles. The average Bonchev–Trinajstić information content (AvgIpc) is 2.85. The van der Waals surface area contributed by atoms with E-state index in [0.29, 0.717) is 30.4 Å². The largest absolute Gasteiger partial charge is 0.375 e. The lowest BCUT2D eigenvalue weighted by Crippen LogP contribution is -2.45. The van der Waals surface area contributed by atoms with E-state index >= 15 is 4.39 Å². The lowest BCUT2D eigenvalue weighted by atomic mass is 9.68. The Kier molecular flexibility index (Phi) is 9.85. The van der Waals surface area contributed by atoms with Crippen molar-refractivity contribution in [2.45, 2.75) is 122 Å². The van der Waals surface area contributed by atoms with Crippen LogP contribution in [0.5, 0.6) is 0 Å². The zero-order valence-corrected chi connectivity index (χ0v) is 21.2. The molecular weight excluding hydrogens is 413 g/mol. The van der Waals surface area contributed by atoms with Gasteiger partial charge in [0.2, 0.25) is 0 Å². The molecule has 3 nitrogen and oxygen atoms in total. The Bertz CT molecular complexity index is 631. The van der Waals surface area contributed by atoms with Gasteiger partial charge in [-0.25, -0.2) is 4.39 Å². The molecule has 2 fully saturated rings. The maximum atomic E-state index is 15.3. The van der Waals surface area contributed by atoms with E-state index in [0.717, 1.165) is 51.0 Å². The van der Waals surface area contributed by atoms with Gasteiger partial charge in [-0.15, -0.1) is 0 Å². The number of allylic oxidation sites excluding steroid dienone is 2. The molecule has 0 N–H and O–H groups in total. The highest BCUT2D eigenvalue weighted by molar-refractivity contribution is 5.64. The highest BCUT2D eigenvalue weighted by Crippen LogP contribution is 2.42. The van der Waals surface area contributed by atoms with E-state index in [4.69, 9.17) is 14.5 Å². The standard InChI is InChI=1S/C29H48FNO2/c1-21-17-28(33-20-24-11-7-4-8-12-24)29(30)22(2)27(21)18-25-13-14-26(19-31-25)32-16-15-23-9-5-3-6-10-23/h4,7,19,21-29H,3,5-6,8-18,20H2,1-2H3.